The predicted molar refractivity (Wildman–Crippen MR) is 64.6 cm³/mol. The van der Waals surface area contributed by atoms with E-state index in [1.54, 1.807) is 19.2 Å². The summed E-state index contributed by atoms with van der Waals surface area (Å²) < 4.78 is 15.6. The molecule has 0 unspecified atom stereocenters. The van der Waals surface area contributed by atoms with E-state index in [-0.39, 0.29) is 6.79 Å². The van der Waals surface area contributed by atoms with Gasteiger partial charge in [0.15, 0.2) is 6.79 Å². The minimum atomic E-state index is 0.186. The second-order valence-corrected chi connectivity index (χ2v) is 3.76. The Labute approximate surface area is 101 Å². The fourth-order valence-electron chi connectivity index (χ4n) is 1.58. The first-order chi connectivity index (χ1) is 8.19. The number of ether oxygens (including phenoxy) is 3. The van der Waals surface area contributed by atoms with Crippen LogP contribution in [0.5, 0.6) is 5.75 Å². The second-order valence-electron chi connectivity index (χ2n) is 3.76. The summed E-state index contributed by atoms with van der Waals surface area (Å²) >= 11 is 0. The zero-order chi connectivity index (χ0) is 12.7. The van der Waals surface area contributed by atoms with Crippen molar-refractivity contribution in [2.24, 2.45) is 0 Å². The molecule has 0 saturated heterocycles. The Hall–Kier alpha value is -1.39. The molecule has 0 aliphatic heterocycles. The Bertz CT molecular complexity index is 351. The summed E-state index contributed by atoms with van der Waals surface area (Å²) in [5.74, 6) is 0.771. The minimum absolute atomic E-state index is 0.186. The molecule has 0 saturated carbocycles. The van der Waals surface area contributed by atoms with Crippen molar-refractivity contribution in [1.29, 1.82) is 0 Å². The Morgan fingerprint density at radius 1 is 1.18 bits per heavy atom. The lowest BCUT2D eigenvalue weighted by molar-refractivity contribution is -0.00904. The molecule has 0 bridgehead atoms. The number of hydrogen-bond acceptors (Lipinski definition) is 4. The van der Waals surface area contributed by atoms with E-state index in [9.17, 15) is 4.79 Å². The molecule has 17 heavy (non-hydrogen) atoms. The van der Waals surface area contributed by atoms with Gasteiger partial charge in [0.05, 0.1) is 13.2 Å². The molecule has 4 nitrogen and oxygen atoms in total. The topological polar surface area (TPSA) is 44.8 Å². The highest BCUT2D eigenvalue weighted by Crippen LogP contribution is 2.24. The molecule has 0 amide bonds. The molecule has 0 radical (unpaired) electrons. The first-order valence-corrected chi connectivity index (χ1v) is 5.45. The largest absolute Gasteiger partial charge is 0.467 e. The summed E-state index contributed by atoms with van der Waals surface area (Å²) in [5, 5.41) is 0. The Morgan fingerprint density at radius 2 is 1.82 bits per heavy atom. The van der Waals surface area contributed by atoms with E-state index in [0.29, 0.717) is 18.8 Å². The monoisotopic (exact) mass is 238 g/mol. The molecule has 1 rings (SSSR count). The van der Waals surface area contributed by atoms with Crippen LogP contribution in [-0.2, 0) is 9.47 Å². The van der Waals surface area contributed by atoms with E-state index in [0.717, 1.165) is 23.2 Å². The molecule has 0 N–H and O–H groups in total. The molecular weight excluding hydrogens is 220 g/mol. The molecule has 0 aliphatic rings. The van der Waals surface area contributed by atoms with Crippen LogP contribution < -0.4 is 4.74 Å². The molecule has 0 aliphatic carbocycles. The van der Waals surface area contributed by atoms with Crippen LogP contribution in [0.1, 0.15) is 21.5 Å². The lowest BCUT2D eigenvalue weighted by Crippen LogP contribution is -2.09. The van der Waals surface area contributed by atoms with Gasteiger partial charge >= 0.3 is 0 Å². The van der Waals surface area contributed by atoms with Crippen LogP contribution in [0.2, 0.25) is 0 Å². The smallest absolute Gasteiger partial charge is 0.189 e. The van der Waals surface area contributed by atoms with Crippen molar-refractivity contribution in [3.63, 3.8) is 0 Å². The van der Waals surface area contributed by atoms with Crippen LogP contribution in [0.25, 0.3) is 0 Å². The van der Waals surface area contributed by atoms with Gasteiger partial charge in [0.2, 0.25) is 0 Å². The van der Waals surface area contributed by atoms with E-state index in [1.807, 2.05) is 13.8 Å². The van der Waals surface area contributed by atoms with E-state index >= 15 is 0 Å². The van der Waals surface area contributed by atoms with Crippen molar-refractivity contribution in [2.45, 2.75) is 13.8 Å². The third-order valence-corrected chi connectivity index (χ3v) is 2.34. The van der Waals surface area contributed by atoms with Crippen LogP contribution >= 0.6 is 0 Å². The minimum Gasteiger partial charge on any atom is -0.467 e. The first kappa shape index (κ1) is 13.7. The lowest BCUT2D eigenvalue weighted by atomic mass is 10.1. The molecule has 0 heterocycles. The van der Waals surface area contributed by atoms with E-state index in [1.165, 1.54) is 0 Å². The molecule has 94 valence electrons. The highest BCUT2D eigenvalue weighted by atomic mass is 16.7. The maximum Gasteiger partial charge on any atom is 0.189 e. The highest BCUT2D eigenvalue weighted by molar-refractivity contribution is 5.76. The number of aldehydes is 1. The summed E-state index contributed by atoms with van der Waals surface area (Å²) in [5.41, 5.74) is 2.53. The van der Waals surface area contributed by atoms with Gasteiger partial charge in [-0.05, 0) is 37.1 Å². The van der Waals surface area contributed by atoms with Crippen molar-refractivity contribution in [1.82, 2.24) is 0 Å². The highest BCUT2D eigenvalue weighted by Gasteiger charge is 2.06. The van der Waals surface area contributed by atoms with Crippen LogP contribution in [0, 0.1) is 13.8 Å². The van der Waals surface area contributed by atoms with Crippen LogP contribution in [0.3, 0.4) is 0 Å². The maximum atomic E-state index is 10.7. The van der Waals surface area contributed by atoms with Crippen molar-refractivity contribution >= 4 is 6.29 Å². The molecule has 0 fully saturated rings. The molecule has 1 aromatic rings. The van der Waals surface area contributed by atoms with Gasteiger partial charge in [-0.25, -0.2) is 0 Å². The SMILES string of the molecule is COCCOCOc1c(C)cc(C=O)cc1C. The van der Waals surface area contributed by atoms with Gasteiger partial charge in [-0.1, -0.05) is 0 Å². The quantitative estimate of drug-likeness (QED) is 0.414. The van der Waals surface area contributed by atoms with Gasteiger partial charge in [-0.15, -0.1) is 0 Å². The fraction of sp³-hybridized carbons (Fsp3) is 0.462. The summed E-state index contributed by atoms with van der Waals surface area (Å²) in [6.45, 7) is 5.05. The zero-order valence-corrected chi connectivity index (χ0v) is 10.5. The Balaban J connectivity index is 2.56. The molecule has 0 spiro atoms. The lowest BCUT2D eigenvalue weighted by Gasteiger charge is -2.12. The third kappa shape index (κ3) is 4.17. The van der Waals surface area contributed by atoms with Gasteiger partial charge in [0.25, 0.3) is 0 Å². The van der Waals surface area contributed by atoms with E-state index < -0.39 is 0 Å². The Morgan fingerprint density at radius 3 is 2.35 bits per heavy atom. The number of aryl methyl sites for hydroxylation is 2. The fourth-order valence-corrected chi connectivity index (χ4v) is 1.58. The zero-order valence-electron chi connectivity index (χ0n) is 10.5. The van der Waals surface area contributed by atoms with Crippen molar-refractivity contribution in [3.8, 4) is 5.75 Å². The van der Waals surface area contributed by atoms with Gasteiger partial charge in [0.1, 0.15) is 12.0 Å². The van der Waals surface area contributed by atoms with Gasteiger partial charge in [0, 0.05) is 12.7 Å². The van der Waals surface area contributed by atoms with E-state index in [2.05, 4.69) is 0 Å². The summed E-state index contributed by atoms with van der Waals surface area (Å²) in [6, 6.07) is 3.59. The Kier molecular flexibility index (Phi) is 5.66. The van der Waals surface area contributed by atoms with Crippen LogP contribution in [-0.4, -0.2) is 33.4 Å². The van der Waals surface area contributed by atoms with Crippen LogP contribution in [0.15, 0.2) is 12.1 Å². The molecule has 1 aromatic carbocycles. The number of carbonyl (C=O) groups excluding carboxylic acids is 1. The van der Waals surface area contributed by atoms with E-state index in [4.69, 9.17) is 14.2 Å². The summed E-state index contributed by atoms with van der Waals surface area (Å²) in [4.78, 5) is 10.7. The molecule has 4 heteroatoms. The van der Waals surface area contributed by atoms with Gasteiger partial charge in [-0.3, -0.25) is 4.79 Å². The van der Waals surface area contributed by atoms with Crippen molar-refractivity contribution < 1.29 is 19.0 Å². The first-order valence-electron chi connectivity index (χ1n) is 5.45. The van der Waals surface area contributed by atoms with Crippen LogP contribution in [0.4, 0.5) is 0 Å². The average molecular weight is 238 g/mol. The van der Waals surface area contributed by atoms with Gasteiger partial charge in [-0.2, -0.15) is 0 Å². The molecular formula is C13H18O4. The summed E-state index contributed by atoms with van der Waals surface area (Å²) in [6.07, 6.45) is 0.832. The maximum absolute atomic E-state index is 10.7. The number of carbonyl (C=O) groups is 1. The normalized spacial score (nSPS) is 10.3. The van der Waals surface area contributed by atoms with Gasteiger partial charge < -0.3 is 14.2 Å². The van der Waals surface area contributed by atoms with Crippen molar-refractivity contribution in [2.75, 3.05) is 27.1 Å². The molecule has 0 aromatic heterocycles. The number of rotatable bonds is 7. The second kappa shape index (κ2) is 7.04. The number of methoxy groups -OCH3 is 1. The number of benzene rings is 1. The average Bonchev–Trinajstić information content (AvgIpc) is 2.31. The number of hydrogen-bond donors (Lipinski definition) is 0. The standard InChI is InChI=1S/C13H18O4/c1-10-6-12(8-14)7-11(2)13(10)17-9-16-5-4-15-3/h6-8H,4-5,9H2,1-3H3. The summed E-state index contributed by atoms with van der Waals surface area (Å²) in [7, 11) is 1.62. The molecule has 0 atom stereocenters. The van der Waals surface area contributed by atoms with Crippen molar-refractivity contribution in [3.05, 3.63) is 28.8 Å². The predicted octanol–water partition coefficient (Wildman–Crippen LogP) is 2.12. The third-order valence-electron chi connectivity index (χ3n) is 2.34.